The van der Waals surface area contributed by atoms with E-state index in [1.54, 1.807) is 24.3 Å². The fourth-order valence-corrected chi connectivity index (χ4v) is 3.59. The zero-order chi connectivity index (χ0) is 16.8. The molecule has 2 aromatic carbocycles. The SMILES string of the molecule is Cc1ccc(S(=O)(=O)Nc2c(C)c(C)cc3[nH]c(=O)[nH]c23)cc1. The molecule has 6 nitrogen and oxygen atoms in total. The summed E-state index contributed by atoms with van der Waals surface area (Å²) in [5, 5.41) is 0. The minimum Gasteiger partial charge on any atom is -0.306 e. The molecule has 0 spiro atoms. The summed E-state index contributed by atoms with van der Waals surface area (Å²) in [5.74, 6) is 0. The minimum atomic E-state index is -3.74. The van der Waals surface area contributed by atoms with Crippen molar-refractivity contribution in [2.75, 3.05) is 4.72 Å². The van der Waals surface area contributed by atoms with Crippen molar-refractivity contribution < 1.29 is 8.42 Å². The number of sulfonamides is 1. The number of hydrogen-bond acceptors (Lipinski definition) is 3. The van der Waals surface area contributed by atoms with Crippen LogP contribution in [-0.2, 0) is 10.0 Å². The Labute approximate surface area is 133 Å². The molecule has 0 aliphatic heterocycles. The fraction of sp³-hybridized carbons (Fsp3) is 0.188. The molecule has 0 saturated heterocycles. The van der Waals surface area contributed by atoms with E-state index in [0.717, 1.165) is 16.7 Å². The third-order valence-corrected chi connectivity index (χ3v) is 5.27. The molecular formula is C16H17N3O3S. The second-order valence-corrected chi connectivity index (χ2v) is 7.30. The van der Waals surface area contributed by atoms with E-state index in [2.05, 4.69) is 14.7 Å². The Hall–Kier alpha value is -2.54. The maximum Gasteiger partial charge on any atom is 0.323 e. The summed E-state index contributed by atoms with van der Waals surface area (Å²) in [6.07, 6.45) is 0. The smallest absolute Gasteiger partial charge is 0.306 e. The molecule has 0 aliphatic rings. The second kappa shape index (κ2) is 5.27. The number of imidazole rings is 1. The van der Waals surface area contributed by atoms with E-state index in [9.17, 15) is 13.2 Å². The van der Waals surface area contributed by atoms with Crippen LogP contribution in [0.15, 0.2) is 40.0 Å². The monoisotopic (exact) mass is 331 g/mol. The minimum absolute atomic E-state index is 0.176. The van der Waals surface area contributed by atoms with Crippen LogP contribution in [0.1, 0.15) is 16.7 Å². The van der Waals surface area contributed by atoms with Gasteiger partial charge in [0, 0.05) is 0 Å². The van der Waals surface area contributed by atoms with Crippen molar-refractivity contribution in [2.24, 2.45) is 0 Å². The van der Waals surface area contributed by atoms with Gasteiger partial charge in [-0.25, -0.2) is 13.2 Å². The van der Waals surface area contributed by atoms with Crippen molar-refractivity contribution in [3.05, 3.63) is 57.5 Å². The lowest BCUT2D eigenvalue weighted by atomic mass is 10.1. The van der Waals surface area contributed by atoms with E-state index in [1.807, 2.05) is 26.8 Å². The predicted octanol–water partition coefficient (Wildman–Crippen LogP) is 2.58. The highest BCUT2D eigenvalue weighted by atomic mass is 32.2. The van der Waals surface area contributed by atoms with Gasteiger partial charge in [0.25, 0.3) is 10.0 Å². The van der Waals surface area contributed by atoms with Crippen LogP contribution in [0.3, 0.4) is 0 Å². The molecule has 0 radical (unpaired) electrons. The van der Waals surface area contributed by atoms with Gasteiger partial charge in [-0.15, -0.1) is 0 Å². The summed E-state index contributed by atoms with van der Waals surface area (Å²) in [5.41, 5.74) is 3.67. The van der Waals surface area contributed by atoms with E-state index >= 15 is 0 Å². The molecule has 0 bridgehead atoms. The number of hydrogen-bond donors (Lipinski definition) is 3. The molecular weight excluding hydrogens is 314 g/mol. The van der Waals surface area contributed by atoms with E-state index in [4.69, 9.17) is 0 Å². The van der Waals surface area contributed by atoms with Crippen molar-refractivity contribution in [3.8, 4) is 0 Å². The molecule has 0 unspecified atom stereocenters. The lowest BCUT2D eigenvalue weighted by molar-refractivity contribution is 0.601. The zero-order valence-electron chi connectivity index (χ0n) is 13.0. The maximum absolute atomic E-state index is 12.6. The van der Waals surface area contributed by atoms with Gasteiger partial charge >= 0.3 is 5.69 Å². The highest BCUT2D eigenvalue weighted by Gasteiger charge is 2.19. The van der Waals surface area contributed by atoms with Gasteiger partial charge in [0.05, 0.1) is 21.6 Å². The topological polar surface area (TPSA) is 94.8 Å². The Morgan fingerprint density at radius 3 is 2.30 bits per heavy atom. The molecule has 0 aliphatic carbocycles. The van der Waals surface area contributed by atoms with E-state index in [0.29, 0.717) is 16.7 Å². The normalized spacial score (nSPS) is 11.8. The Bertz CT molecular complexity index is 1040. The summed E-state index contributed by atoms with van der Waals surface area (Å²) in [4.78, 5) is 17.0. The number of H-pyrrole nitrogens is 2. The van der Waals surface area contributed by atoms with Gasteiger partial charge in [-0.3, -0.25) is 4.72 Å². The van der Waals surface area contributed by atoms with Crippen LogP contribution in [0.25, 0.3) is 11.0 Å². The van der Waals surface area contributed by atoms with Crippen LogP contribution in [0.4, 0.5) is 5.69 Å². The average molecular weight is 331 g/mol. The van der Waals surface area contributed by atoms with Crippen molar-refractivity contribution >= 4 is 26.7 Å². The Morgan fingerprint density at radius 1 is 1.00 bits per heavy atom. The van der Waals surface area contributed by atoms with Crippen molar-refractivity contribution in [1.82, 2.24) is 9.97 Å². The first-order chi connectivity index (χ1) is 10.8. The van der Waals surface area contributed by atoms with E-state index < -0.39 is 10.0 Å². The highest BCUT2D eigenvalue weighted by Crippen LogP contribution is 2.29. The van der Waals surface area contributed by atoms with Crippen molar-refractivity contribution in [2.45, 2.75) is 25.7 Å². The molecule has 3 aromatic rings. The highest BCUT2D eigenvalue weighted by molar-refractivity contribution is 7.92. The van der Waals surface area contributed by atoms with Crippen LogP contribution in [0, 0.1) is 20.8 Å². The largest absolute Gasteiger partial charge is 0.323 e. The molecule has 0 fully saturated rings. The first-order valence-corrected chi connectivity index (χ1v) is 8.58. The number of aryl methyl sites for hydroxylation is 2. The Balaban J connectivity index is 2.15. The Morgan fingerprint density at radius 2 is 1.65 bits per heavy atom. The lowest BCUT2D eigenvalue weighted by Crippen LogP contribution is -2.14. The average Bonchev–Trinajstić information content (AvgIpc) is 2.84. The summed E-state index contributed by atoms with van der Waals surface area (Å²) >= 11 is 0. The molecule has 0 saturated carbocycles. The maximum atomic E-state index is 12.6. The molecule has 7 heteroatoms. The first-order valence-electron chi connectivity index (χ1n) is 7.09. The molecule has 3 N–H and O–H groups in total. The summed E-state index contributed by atoms with van der Waals surface area (Å²) in [6.45, 7) is 5.57. The fourth-order valence-electron chi connectivity index (χ4n) is 2.45. The molecule has 0 amide bonds. The predicted molar refractivity (Wildman–Crippen MR) is 90.4 cm³/mol. The summed E-state index contributed by atoms with van der Waals surface area (Å²) in [7, 11) is -3.74. The molecule has 1 heterocycles. The van der Waals surface area contributed by atoms with Crippen molar-refractivity contribution in [3.63, 3.8) is 0 Å². The van der Waals surface area contributed by atoms with Crippen LogP contribution >= 0.6 is 0 Å². The van der Waals surface area contributed by atoms with Crippen LogP contribution < -0.4 is 10.4 Å². The molecule has 1 aromatic heterocycles. The van der Waals surface area contributed by atoms with Gasteiger partial charge in [0.1, 0.15) is 0 Å². The molecule has 3 rings (SSSR count). The Kier molecular flexibility index (Phi) is 3.52. The summed E-state index contributed by atoms with van der Waals surface area (Å²) < 4.78 is 27.8. The number of nitrogens with one attached hydrogen (secondary N) is 3. The lowest BCUT2D eigenvalue weighted by Gasteiger charge is -2.13. The molecule has 0 atom stereocenters. The third kappa shape index (κ3) is 2.75. The first kappa shape index (κ1) is 15.4. The standard InChI is InChI=1S/C16H17N3O3S/c1-9-4-6-12(7-5-9)23(21,22)19-14-11(3)10(2)8-13-15(14)18-16(20)17-13/h4-8,19H,1-3H3,(H2,17,18,20). The van der Waals surface area contributed by atoms with Gasteiger partial charge < -0.3 is 9.97 Å². The van der Waals surface area contributed by atoms with E-state index in [-0.39, 0.29) is 10.6 Å². The quantitative estimate of drug-likeness (QED) is 0.688. The number of benzene rings is 2. The van der Waals surface area contributed by atoms with Crippen LogP contribution in [-0.4, -0.2) is 18.4 Å². The van der Waals surface area contributed by atoms with E-state index in [1.165, 1.54) is 0 Å². The number of rotatable bonds is 3. The second-order valence-electron chi connectivity index (χ2n) is 5.61. The third-order valence-electron chi connectivity index (χ3n) is 3.90. The zero-order valence-corrected chi connectivity index (χ0v) is 13.8. The molecule has 23 heavy (non-hydrogen) atoms. The van der Waals surface area contributed by atoms with Crippen LogP contribution in [0.5, 0.6) is 0 Å². The van der Waals surface area contributed by atoms with Gasteiger partial charge in [-0.05, 0) is 50.1 Å². The van der Waals surface area contributed by atoms with Gasteiger partial charge in [0.2, 0.25) is 0 Å². The molecule has 120 valence electrons. The van der Waals surface area contributed by atoms with Gasteiger partial charge in [-0.2, -0.15) is 0 Å². The number of anilines is 1. The summed E-state index contributed by atoms with van der Waals surface area (Å²) in [6, 6.07) is 8.41. The number of aromatic nitrogens is 2. The number of fused-ring (bicyclic) bond motifs is 1. The number of aromatic amines is 2. The van der Waals surface area contributed by atoms with Crippen molar-refractivity contribution in [1.29, 1.82) is 0 Å². The van der Waals surface area contributed by atoms with Gasteiger partial charge in [-0.1, -0.05) is 17.7 Å². The van der Waals surface area contributed by atoms with Crippen LogP contribution in [0.2, 0.25) is 0 Å². The van der Waals surface area contributed by atoms with Gasteiger partial charge in [0.15, 0.2) is 0 Å².